The maximum Gasteiger partial charge on any atom is 0.404 e. The summed E-state index contributed by atoms with van der Waals surface area (Å²) in [5.74, 6) is -0.793. The van der Waals surface area contributed by atoms with Gasteiger partial charge in [0.05, 0.1) is 17.9 Å². The molecule has 4 rings (SSSR count). The summed E-state index contributed by atoms with van der Waals surface area (Å²) in [4.78, 5) is 40.9. The molecule has 11 heteroatoms. The first-order chi connectivity index (χ1) is 18.5. The highest BCUT2D eigenvalue weighted by Gasteiger charge is 2.25. The zero-order chi connectivity index (χ0) is 28.2. The Bertz CT molecular complexity index is 1520. The van der Waals surface area contributed by atoms with Crippen molar-refractivity contribution in [2.75, 3.05) is 18.5 Å². The molecule has 0 aliphatic rings. The Kier molecular flexibility index (Phi) is 8.10. The van der Waals surface area contributed by atoms with Gasteiger partial charge in [0.1, 0.15) is 6.61 Å². The number of hydrogen-bond acceptors (Lipinski definition) is 7. The molecule has 2 aromatic heterocycles. The Labute approximate surface area is 230 Å². The van der Waals surface area contributed by atoms with Crippen LogP contribution in [-0.4, -0.2) is 45.8 Å². The molecule has 0 aliphatic carbocycles. The Morgan fingerprint density at radius 2 is 1.82 bits per heavy atom. The summed E-state index contributed by atoms with van der Waals surface area (Å²) in [5.41, 5.74) is 10.2. The number of nitrogens with one attached hydrogen (secondary N) is 2. The number of aryl methyl sites for hydroxylation is 2. The molecule has 0 saturated heterocycles. The minimum absolute atomic E-state index is 0.0693. The molecule has 2 aromatic carbocycles. The summed E-state index contributed by atoms with van der Waals surface area (Å²) < 4.78 is 6.73. The van der Waals surface area contributed by atoms with E-state index in [9.17, 15) is 14.4 Å². The Balaban J connectivity index is 1.36. The third-order valence-electron chi connectivity index (χ3n) is 6.13. The highest BCUT2D eigenvalue weighted by molar-refractivity contribution is 7.14. The molecule has 0 atom stereocenters. The summed E-state index contributed by atoms with van der Waals surface area (Å²) in [6.07, 6.45) is 1.03. The van der Waals surface area contributed by atoms with E-state index in [1.165, 1.54) is 11.3 Å². The predicted molar refractivity (Wildman–Crippen MR) is 150 cm³/mol. The molecule has 0 saturated carbocycles. The lowest BCUT2D eigenvalue weighted by Crippen LogP contribution is -2.33. The Morgan fingerprint density at radius 3 is 2.51 bits per heavy atom. The van der Waals surface area contributed by atoms with Crippen molar-refractivity contribution in [1.29, 1.82) is 0 Å². The summed E-state index contributed by atoms with van der Waals surface area (Å²) >= 11 is 1.30. The van der Waals surface area contributed by atoms with Gasteiger partial charge in [0.25, 0.3) is 5.91 Å². The Hall–Kier alpha value is -4.51. The highest BCUT2D eigenvalue weighted by Crippen LogP contribution is 2.29. The van der Waals surface area contributed by atoms with Gasteiger partial charge in [-0.3, -0.25) is 14.3 Å². The normalized spacial score (nSPS) is 11.2. The van der Waals surface area contributed by atoms with E-state index < -0.39 is 23.3 Å². The number of anilines is 1. The first kappa shape index (κ1) is 27.5. The van der Waals surface area contributed by atoms with Gasteiger partial charge in [-0.05, 0) is 42.3 Å². The highest BCUT2D eigenvalue weighted by atomic mass is 32.1. The SMILES string of the molecule is Cc1ccc(C(=O)NCC(=O)Nc2nc(-c3cccc(-c4ccn(C)n4)c3)cs2)cc1C(C)(C)COC(N)=O. The van der Waals surface area contributed by atoms with Gasteiger partial charge in [-0.2, -0.15) is 5.10 Å². The van der Waals surface area contributed by atoms with Crippen LogP contribution < -0.4 is 16.4 Å². The molecule has 0 radical (unpaired) electrons. The van der Waals surface area contributed by atoms with Crippen molar-refractivity contribution in [3.05, 3.63) is 76.8 Å². The van der Waals surface area contributed by atoms with E-state index in [1.807, 2.05) is 75.8 Å². The van der Waals surface area contributed by atoms with Crippen LogP contribution in [0.15, 0.2) is 60.1 Å². The average Bonchev–Trinajstić information content (AvgIpc) is 3.55. The summed E-state index contributed by atoms with van der Waals surface area (Å²) in [6, 6.07) is 15.0. The number of nitrogens with two attached hydrogens (primary N) is 1. The number of carbonyl (C=O) groups is 3. The number of ether oxygens (including phenoxy) is 1. The lowest BCUT2D eigenvalue weighted by molar-refractivity contribution is -0.115. The lowest BCUT2D eigenvalue weighted by atomic mass is 9.82. The molecule has 0 unspecified atom stereocenters. The molecule has 0 bridgehead atoms. The number of carbonyl (C=O) groups excluding carboxylic acids is 3. The van der Waals surface area contributed by atoms with E-state index in [4.69, 9.17) is 10.5 Å². The molecule has 202 valence electrons. The van der Waals surface area contributed by atoms with Crippen molar-refractivity contribution in [2.24, 2.45) is 12.8 Å². The standard InChI is InChI=1S/C28H30N6O4S/c1-17-8-9-20(13-21(17)28(2,3)16-38-26(29)37)25(36)30-14-24(35)32-27-31-23(15-39-27)19-7-5-6-18(12-19)22-10-11-34(4)33-22/h5-13,15H,14,16H2,1-4H3,(H2,29,37)(H,30,36)(H,31,32,35). The Morgan fingerprint density at radius 1 is 1.08 bits per heavy atom. The lowest BCUT2D eigenvalue weighted by Gasteiger charge is -2.26. The number of nitrogens with zero attached hydrogens (tertiary/aromatic N) is 3. The zero-order valence-electron chi connectivity index (χ0n) is 22.1. The van der Waals surface area contributed by atoms with Crippen molar-refractivity contribution in [3.63, 3.8) is 0 Å². The fourth-order valence-electron chi connectivity index (χ4n) is 4.12. The van der Waals surface area contributed by atoms with E-state index in [1.54, 1.807) is 16.8 Å². The van der Waals surface area contributed by atoms with Crippen molar-refractivity contribution < 1.29 is 19.1 Å². The van der Waals surface area contributed by atoms with Gasteiger partial charge in [0, 0.05) is 40.7 Å². The van der Waals surface area contributed by atoms with Crippen LogP contribution in [0.3, 0.4) is 0 Å². The number of primary amides is 1. The quantitative estimate of drug-likeness (QED) is 0.286. The second kappa shape index (κ2) is 11.5. The summed E-state index contributed by atoms with van der Waals surface area (Å²) in [6.45, 7) is 5.54. The number of benzene rings is 2. The first-order valence-electron chi connectivity index (χ1n) is 12.2. The van der Waals surface area contributed by atoms with Crippen LogP contribution in [0.5, 0.6) is 0 Å². The largest absolute Gasteiger partial charge is 0.449 e. The topological polar surface area (TPSA) is 141 Å². The minimum Gasteiger partial charge on any atom is -0.449 e. The smallest absolute Gasteiger partial charge is 0.404 e. The van der Waals surface area contributed by atoms with Gasteiger partial charge in [0.15, 0.2) is 5.13 Å². The monoisotopic (exact) mass is 546 g/mol. The molecule has 3 amide bonds. The number of hydrogen-bond donors (Lipinski definition) is 3. The number of aromatic nitrogens is 3. The molecule has 0 aliphatic heterocycles. The average molecular weight is 547 g/mol. The molecular weight excluding hydrogens is 516 g/mol. The van der Waals surface area contributed by atoms with Crippen LogP contribution in [0.25, 0.3) is 22.5 Å². The van der Waals surface area contributed by atoms with Crippen molar-refractivity contribution in [2.45, 2.75) is 26.2 Å². The van der Waals surface area contributed by atoms with Crippen molar-refractivity contribution in [1.82, 2.24) is 20.1 Å². The van der Waals surface area contributed by atoms with E-state index in [2.05, 4.69) is 20.7 Å². The van der Waals surface area contributed by atoms with Gasteiger partial charge in [-0.25, -0.2) is 9.78 Å². The minimum atomic E-state index is -0.856. The molecule has 2 heterocycles. The first-order valence-corrected chi connectivity index (χ1v) is 13.1. The third-order valence-corrected chi connectivity index (χ3v) is 6.89. The number of rotatable bonds is 9. The summed E-state index contributed by atoms with van der Waals surface area (Å²) in [7, 11) is 1.87. The van der Waals surface area contributed by atoms with Crippen LogP contribution in [-0.2, 0) is 22.0 Å². The molecule has 4 aromatic rings. The fourth-order valence-corrected chi connectivity index (χ4v) is 4.85. The molecule has 39 heavy (non-hydrogen) atoms. The van der Waals surface area contributed by atoms with E-state index in [0.29, 0.717) is 10.7 Å². The van der Waals surface area contributed by atoms with Crippen molar-refractivity contribution in [3.8, 4) is 22.5 Å². The van der Waals surface area contributed by atoms with Gasteiger partial charge in [-0.15, -0.1) is 11.3 Å². The van der Waals surface area contributed by atoms with Crippen LogP contribution in [0.4, 0.5) is 9.93 Å². The third kappa shape index (κ3) is 6.88. The maximum absolute atomic E-state index is 12.8. The molecule has 10 nitrogen and oxygen atoms in total. The second-order valence-corrected chi connectivity index (χ2v) is 10.6. The molecule has 0 fully saturated rings. The molecular formula is C28H30N6O4S. The van der Waals surface area contributed by atoms with E-state index >= 15 is 0 Å². The van der Waals surface area contributed by atoms with Crippen LogP contribution in [0.1, 0.15) is 35.3 Å². The predicted octanol–water partition coefficient (Wildman–Crippen LogP) is 4.26. The summed E-state index contributed by atoms with van der Waals surface area (Å²) in [5, 5.41) is 12.1. The second-order valence-electron chi connectivity index (χ2n) is 9.75. The zero-order valence-corrected chi connectivity index (χ0v) is 23.0. The molecule has 0 spiro atoms. The van der Waals surface area contributed by atoms with Crippen molar-refractivity contribution >= 4 is 34.4 Å². The van der Waals surface area contributed by atoms with Crippen LogP contribution in [0, 0.1) is 6.92 Å². The van der Waals surface area contributed by atoms with Crippen LogP contribution in [0.2, 0.25) is 0 Å². The van der Waals surface area contributed by atoms with Gasteiger partial charge >= 0.3 is 6.09 Å². The molecule has 4 N–H and O–H groups in total. The van der Waals surface area contributed by atoms with Gasteiger partial charge < -0.3 is 21.1 Å². The van der Waals surface area contributed by atoms with Gasteiger partial charge in [-0.1, -0.05) is 38.1 Å². The van der Waals surface area contributed by atoms with E-state index in [0.717, 1.165) is 33.6 Å². The van der Waals surface area contributed by atoms with E-state index in [-0.39, 0.29) is 13.2 Å². The van der Waals surface area contributed by atoms with Gasteiger partial charge in [0.2, 0.25) is 5.91 Å². The van der Waals surface area contributed by atoms with Crippen LogP contribution >= 0.6 is 11.3 Å². The maximum atomic E-state index is 12.8. The fraction of sp³-hybridized carbons (Fsp3) is 0.250. The number of amides is 3. The number of thiazole rings is 1.